The second-order valence-electron chi connectivity index (χ2n) is 4.89. The third-order valence-electron chi connectivity index (χ3n) is 3.64. The highest BCUT2D eigenvalue weighted by atomic mass is 79.9. The Bertz CT molecular complexity index is 520. The maximum Gasteiger partial charge on any atom is 0.119 e. The number of halogens is 1. The van der Waals surface area contributed by atoms with Gasteiger partial charge in [-0.3, -0.25) is 0 Å². The second-order valence-corrected chi connectivity index (χ2v) is 5.74. The van der Waals surface area contributed by atoms with E-state index in [0.717, 1.165) is 35.7 Å². The zero-order valence-electron chi connectivity index (χ0n) is 10.1. The lowest BCUT2D eigenvalue weighted by atomic mass is 9.96. The molecule has 4 bridgehead atoms. The Morgan fingerprint density at radius 2 is 1.33 bits per heavy atom. The maximum absolute atomic E-state index is 10.1. The molecule has 18 heavy (non-hydrogen) atoms. The highest BCUT2D eigenvalue weighted by Gasteiger charge is 2.10. The summed E-state index contributed by atoms with van der Waals surface area (Å²) in [6.07, 6.45) is 3.81. The summed E-state index contributed by atoms with van der Waals surface area (Å²) in [6, 6.07) is 12.8. The van der Waals surface area contributed by atoms with E-state index >= 15 is 0 Å². The predicted molar refractivity (Wildman–Crippen MR) is 77.1 cm³/mol. The molecule has 0 saturated carbocycles. The Labute approximate surface area is 116 Å². The molecule has 4 aliphatic carbocycles. The molecule has 0 aromatic heterocycles. The number of hydrogen-bond donors (Lipinski definition) is 1. The molecule has 1 N–H and O–H groups in total. The monoisotopic (exact) mass is 302 g/mol. The van der Waals surface area contributed by atoms with E-state index in [0.29, 0.717) is 5.75 Å². The summed E-state index contributed by atoms with van der Waals surface area (Å²) >= 11 is 3.61. The van der Waals surface area contributed by atoms with Crippen molar-refractivity contribution in [3.05, 3.63) is 63.1 Å². The van der Waals surface area contributed by atoms with E-state index in [-0.39, 0.29) is 0 Å². The quantitative estimate of drug-likeness (QED) is 0.779. The Morgan fingerprint density at radius 1 is 0.778 bits per heavy atom. The van der Waals surface area contributed by atoms with Gasteiger partial charge in [0.1, 0.15) is 5.75 Å². The van der Waals surface area contributed by atoms with Crippen molar-refractivity contribution in [1.82, 2.24) is 0 Å². The number of rotatable bonds is 0. The van der Waals surface area contributed by atoms with Crippen LogP contribution in [0.4, 0.5) is 0 Å². The molecule has 4 aliphatic rings. The topological polar surface area (TPSA) is 20.2 Å². The van der Waals surface area contributed by atoms with Crippen LogP contribution < -0.4 is 0 Å². The molecule has 6 rings (SSSR count). The lowest BCUT2D eigenvalue weighted by molar-refractivity contribution is 0.467. The molecule has 0 unspecified atom stereocenters. The van der Waals surface area contributed by atoms with Crippen molar-refractivity contribution >= 4 is 15.9 Å². The van der Waals surface area contributed by atoms with E-state index in [2.05, 4.69) is 46.3 Å². The molecule has 0 heterocycles. The van der Waals surface area contributed by atoms with Crippen molar-refractivity contribution in [2.45, 2.75) is 25.7 Å². The van der Waals surface area contributed by atoms with Gasteiger partial charge in [0.05, 0.1) is 0 Å². The predicted octanol–water partition coefficient (Wildman–Crippen LogP) is 4.04. The van der Waals surface area contributed by atoms with E-state index in [9.17, 15) is 5.11 Å². The van der Waals surface area contributed by atoms with Gasteiger partial charge in [0.15, 0.2) is 0 Å². The summed E-state index contributed by atoms with van der Waals surface area (Å²) < 4.78 is 1.12. The van der Waals surface area contributed by atoms with Crippen molar-refractivity contribution < 1.29 is 5.11 Å². The summed E-state index contributed by atoms with van der Waals surface area (Å²) in [5, 5.41) is 10.1. The van der Waals surface area contributed by atoms with Crippen LogP contribution in [0.2, 0.25) is 0 Å². The van der Waals surface area contributed by atoms with Gasteiger partial charge < -0.3 is 5.11 Å². The van der Waals surface area contributed by atoms with Crippen LogP contribution in [0.1, 0.15) is 22.3 Å². The minimum absolute atomic E-state index is 0.434. The van der Waals surface area contributed by atoms with E-state index < -0.39 is 0 Å². The first kappa shape index (κ1) is 11.8. The second kappa shape index (κ2) is 4.77. The molecular weight excluding hydrogens is 288 g/mol. The molecule has 0 aliphatic heterocycles. The van der Waals surface area contributed by atoms with Gasteiger partial charge in [0.25, 0.3) is 0 Å². The average molecular weight is 303 g/mol. The van der Waals surface area contributed by atoms with E-state index in [1.54, 1.807) is 0 Å². The summed E-state index contributed by atoms with van der Waals surface area (Å²) in [5.74, 6) is 0.434. The van der Waals surface area contributed by atoms with Crippen molar-refractivity contribution in [2.24, 2.45) is 0 Å². The zero-order chi connectivity index (χ0) is 12.5. The van der Waals surface area contributed by atoms with Crippen LogP contribution in [0.3, 0.4) is 0 Å². The summed E-state index contributed by atoms with van der Waals surface area (Å²) in [6.45, 7) is 0. The minimum atomic E-state index is 0.434. The van der Waals surface area contributed by atoms with Crippen LogP contribution in [0.15, 0.2) is 40.9 Å². The standard InChI is InChI=1S/C16H15BrO/c17-15-9-14-8-6-12-3-1-11(2-4-12)5-7-13(15)10-16(14)18/h1-4,9-10,18H,5-8H2. The van der Waals surface area contributed by atoms with Crippen LogP contribution in [-0.4, -0.2) is 5.11 Å². The first-order chi connectivity index (χ1) is 8.72. The number of aryl methyl sites for hydroxylation is 4. The molecule has 0 spiro atoms. The normalized spacial score (nSPS) is 14.3. The van der Waals surface area contributed by atoms with Gasteiger partial charge in [-0.1, -0.05) is 40.2 Å². The molecule has 0 fully saturated rings. The zero-order valence-corrected chi connectivity index (χ0v) is 11.7. The van der Waals surface area contributed by atoms with Gasteiger partial charge in [-0.15, -0.1) is 0 Å². The molecule has 0 atom stereocenters. The van der Waals surface area contributed by atoms with Crippen LogP contribution >= 0.6 is 15.9 Å². The molecule has 2 aromatic carbocycles. The number of aromatic hydroxyl groups is 1. The lowest BCUT2D eigenvalue weighted by Crippen LogP contribution is -1.99. The molecule has 0 saturated heterocycles. The van der Waals surface area contributed by atoms with Gasteiger partial charge in [0, 0.05) is 4.47 Å². The highest BCUT2D eigenvalue weighted by Crippen LogP contribution is 2.29. The van der Waals surface area contributed by atoms with Crippen LogP contribution in [0, 0.1) is 0 Å². The molecule has 1 nitrogen and oxygen atoms in total. The van der Waals surface area contributed by atoms with E-state index in [4.69, 9.17) is 0 Å². The van der Waals surface area contributed by atoms with Crippen molar-refractivity contribution in [1.29, 1.82) is 0 Å². The molecule has 2 aromatic rings. The van der Waals surface area contributed by atoms with Crippen molar-refractivity contribution in [3.8, 4) is 5.75 Å². The number of hydrogen-bond acceptors (Lipinski definition) is 1. The van der Waals surface area contributed by atoms with Crippen molar-refractivity contribution in [2.75, 3.05) is 0 Å². The van der Waals surface area contributed by atoms with Gasteiger partial charge in [-0.25, -0.2) is 0 Å². The largest absolute Gasteiger partial charge is 0.508 e. The Balaban J connectivity index is 2.05. The summed E-state index contributed by atoms with van der Waals surface area (Å²) in [5.41, 5.74) is 4.89. The fourth-order valence-electron chi connectivity index (χ4n) is 2.47. The van der Waals surface area contributed by atoms with Gasteiger partial charge in [-0.2, -0.15) is 0 Å². The average Bonchev–Trinajstić information content (AvgIpc) is 2.37. The Morgan fingerprint density at radius 3 is 1.94 bits per heavy atom. The fourth-order valence-corrected chi connectivity index (χ4v) is 3.06. The summed E-state index contributed by atoms with van der Waals surface area (Å²) in [4.78, 5) is 0. The Kier molecular flexibility index (Phi) is 3.13. The molecule has 92 valence electrons. The fraction of sp³-hybridized carbons (Fsp3) is 0.250. The smallest absolute Gasteiger partial charge is 0.119 e. The first-order valence-corrected chi connectivity index (χ1v) is 7.10. The SMILES string of the molecule is Oc1cc2c(Br)cc1CCc1ccc(cc1)CC2. The maximum atomic E-state index is 10.1. The molecule has 0 amide bonds. The highest BCUT2D eigenvalue weighted by molar-refractivity contribution is 9.10. The van der Waals surface area contributed by atoms with Crippen LogP contribution in [0.5, 0.6) is 5.75 Å². The van der Waals surface area contributed by atoms with E-state index in [1.807, 2.05) is 6.07 Å². The number of phenols is 1. The first-order valence-electron chi connectivity index (χ1n) is 6.30. The third-order valence-corrected chi connectivity index (χ3v) is 4.37. The molecule has 2 heteroatoms. The Hall–Kier alpha value is -1.28. The number of phenolic OH excluding ortho intramolecular Hbond substituents is 1. The van der Waals surface area contributed by atoms with Gasteiger partial charge in [0.2, 0.25) is 0 Å². The van der Waals surface area contributed by atoms with Gasteiger partial charge >= 0.3 is 0 Å². The minimum Gasteiger partial charge on any atom is -0.508 e. The van der Waals surface area contributed by atoms with Crippen LogP contribution in [0.25, 0.3) is 0 Å². The van der Waals surface area contributed by atoms with E-state index in [1.165, 1.54) is 16.7 Å². The summed E-state index contributed by atoms with van der Waals surface area (Å²) in [7, 11) is 0. The lowest BCUT2D eigenvalue weighted by Gasteiger charge is -2.13. The molecular formula is C16H15BrO. The third kappa shape index (κ3) is 2.30. The number of benzene rings is 2. The van der Waals surface area contributed by atoms with Gasteiger partial charge in [-0.05, 0) is 60.1 Å². The van der Waals surface area contributed by atoms with Crippen molar-refractivity contribution in [3.63, 3.8) is 0 Å². The van der Waals surface area contributed by atoms with Crippen LogP contribution in [-0.2, 0) is 25.7 Å². The molecule has 0 radical (unpaired) electrons.